The van der Waals surface area contributed by atoms with E-state index in [2.05, 4.69) is 15.0 Å². The fourth-order valence-corrected chi connectivity index (χ4v) is 2.79. The highest BCUT2D eigenvalue weighted by Crippen LogP contribution is 2.20. The number of fused-ring (bicyclic) bond motifs is 1. The molecular formula is C20H22N4O2. The number of nitrogens with one attached hydrogen (secondary N) is 1. The molecule has 2 aromatic heterocycles. The van der Waals surface area contributed by atoms with Gasteiger partial charge in [-0.2, -0.15) is 4.98 Å². The second-order valence-corrected chi connectivity index (χ2v) is 7.38. The number of amides is 1. The first-order valence-corrected chi connectivity index (χ1v) is 8.45. The van der Waals surface area contributed by atoms with Crippen LogP contribution in [0, 0.1) is 0 Å². The number of nitrogens with zero attached hydrogens (tertiary/aromatic N) is 3. The van der Waals surface area contributed by atoms with Crippen LogP contribution < -0.4 is 5.69 Å². The Bertz CT molecular complexity index is 1010. The highest BCUT2D eigenvalue weighted by molar-refractivity contribution is 5.92. The van der Waals surface area contributed by atoms with E-state index in [9.17, 15) is 9.59 Å². The zero-order valence-corrected chi connectivity index (χ0v) is 15.4. The van der Waals surface area contributed by atoms with Gasteiger partial charge in [0.05, 0.1) is 5.52 Å². The maximum absolute atomic E-state index is 12.8. The molecular weight excluding hydrogens is 328 g/mol. The van der Waals surface area contributed by atoms with Crippen molar-refractivity contribution in [1.29, 1.82) is 0 Å². The van der Waals surface area contributed by atoms with E-state index < -0.39 is 5.69 Å². The predicted octanol–water partition coefficient (Wildman–Crippen LogP) is 2.89. The molecule has 0 aliphatic carbocycles. The van der Waals surface area contributed by atoms with E-state index in [0.717, 1.165) is 16.5 Å². The number of hydrogen-bond acceptors (Lipinski definition) is 4. The van der Waals surface area contributed by atoms with Gasteiger partial charge in [-0.25, -0.2) is 4.79 Å². The van der Waals surface area contributed by atoms with E-state index in [4.69, 9.17) is 0 Å². The molecule has 0 saturated heterocycles. The van der Waals surface area contributed by atoms with E-state index in [1.807, 2.05) is 51.1 Å². The number of H-pyrrole nitrogens is 1. The lowest BCUT2D eigenvalue weighted by Gasteiger charge is -2.21. The first kappa shape index (κ1) is 17.8. The summed E-state index contributed by atoms with van der Waals surface area (Å²) in [5, 5.41) is 1.00. The smallest absolute Gasteiger partial charge is 0.336 e. The Morgan fingerprint density at radius 1 is 1.19 bits per heavy atom. The molecule has 0 unspecified atom stereocenters. The molecule has 1 N–H and O–H groups in total. The summed E-state index contributed by atoms with van der Waals surface area (Å²) in [6.07, 6.45) is 1.74. The van der Waals surface area contributed by atoms with E-state index in [-0.39, 0.29) is 17.0 Å². The van der Waals surface area contributed by atoms with Crippen molar-refractivity contribution in [2.24, 2.45) is 0 Å². The number of carbonyl (C=O) groups is 1. The second kappa shape index (κ2) is 6.71. The standard InChI is InChI=1S/C20H22N4O2/c1-20(2,3)17-11-16(22-19(26)23-17)18(25)24(4)12-13-9-10-21-15-8-6-5-7-14(13)15/h5-11H,12H2,1-4H3,(H,22,23,26). The Labute approximate surface area is 151 Å². The van der Waals surface area contributed by atoms with Crippen molar-refractivity contribution in [2.45, 2.75) is 32.7 Å². The van der Waals surface area contributed by atoms with Crippen molar-refractivity contribution in [1.82, 2.24) is 19.9 Å². The topological polar surface area (TPSA) is 79.0 Å². The lowest BCUT2D eigenvalue weighted by Crippen LogP contribution is -2.31. The minimum Gasteiger partial charge on any atom is -0.336 e. The van der Waals surface area contributed by atoms with Crippen LogP contribution in [0.15, 0.2) is 47.4 Å². The third-order valence-corrected chi connectivity index (χ3v) is 4.27. The summed E-state index contributed by atoms with van der Waals surface area (Å²) in [7, 11) is 1.71. The quantitative estimate of drug-likeness (QED) is 0.788. The number of pyridine rings is 1. The second-order valence-electron chi connectivity index (χ2n) is 7.38. The lowest BCUT2D eigenvalue weighted by molar-refractivity contribution is 0.0779. The van der Waals surface area contributed by atoms with E-state index in [1.54, 1.807) is 24.2 Å². The molecule has 0 saturated carbocycles. The third-order valence-electron chi connectivity index (χ3n) is 4.27. The van der Waals surface area contributed by atoms with Gasteiger partial charge in [-0.1, -0.05) is 39.0 Å². The number of hydrogen-bond donors (Lipinski definition) is 1. The van der Waals surface area contributed by atoms with Crippen LogP contribution in [-0.4, -0.2) is 32.8 Å². The molecule has 2 heterocycles. The van der Waals surface area contributed by atoms with Gasteiger partial charge in [0.2, 0.25) is 0 Å². The summed E-state index contributed by atoms with van der Waals surface area (Å²) in [5.41, 5.74) is 1.92. The van der Waals surface area contributed by atoms with Gasteiger partial charge in [-0.3, -0.25) is 9.78 Å². The molecule has 0 bridgehead atoms. The lowest BCUT2D eigenvalue weighted by atomic mass is 9.91. The Morgan fingerprint density at radius 2 is 1.92 bits per heavy atom. The minimum atomic E-state index is -0.511. The molecule has 26 heavy (non-hydrogen) atoms. The average molecular weight is 350 g/mol. The number of aromatic amines is 1. The number of aromatic nitrogens is 3. The Morgan fingerprint density at radius 3 is 2.65 bits per heavy atom. The first-order chi connectivity index (χ1) is 12.3. The van der Waals surface area contributed by atoms with Crippen LogP contribution in [0.1, 0.15) is 42.5 Å². The van der Waals surface area contributed by atoms with Crippen molar-refractivity contribution in [3.63, 3.8) is 0 Å². The zero-order chi connectivity index (χ0) is 18.9. The monoisotopic (exact) mass is 350 g/mol. The SMILES string of the molecule is CN(Cc1ccnc2ccccc12)C(=O)c1cc(C(C)(C)C)[nH]c(=O)n1. The van der Waals surface area contributed by atoms with Crippen LogP contribution in [0.4, 0.5) is 0 Å². The van der Waals surface area contributed by atoms with Crippen LogP contribution in [0.3, 0.4) is 0 Å². The fourth-order valence-electron chi connectivity index (χ4n) is 2.79. The molecule has 0 spiro atoms. The molecule has 1 amide bonds. The molecule has 0 aliphatic heterocycles. The largest absolute Gasteiger partial charge is 0.345 e. The minimum absolute atomic E-state index is 0.152. The predicted molar refractivity (Wildman–Crippen MR) is 101 cm³/mol. The number of rotatable bonds is 3. The van der Waals surface area contributed by atoms with Gasteiger partial charge in [-0.15, -0.1) is 0 Å². The normalized spacial score (nSPS) is 11.5. The molecule has 0 fully saturated rings. The first-order valence-electron chi connectivity index (χ1n) is 8.45. The average Bonchev–Trinajstić information content (AvgIpc) is 2.60. The highest BCUT2D eigenvalue weighted by atomic mass is 16.2. The molecule has 6 heteroatoms. The number of para-hydroxylation sites is 1. The summed E-state index contributed by atoms with van der Waals surface area (Å²) >= 11 is 0. The zero-order valence-electron chi connectivity index (χ0n) is 15.4. The van der Waals surface area contributed by atoms with Gasteiger partial charge in [0.15, 0.2) is 0 Å². The number of carbonyl (C=O) groups excluding carboxylic acids is 1. The molecule has 3 aromatic rings. The molecule has 6 nitrogen and oxygen atoms in total. The number of benzene rings is 1. The maximum atomic E-state index is 12.8. The van der Waals surface area contributed by atoms with Crippen molar-refractivity contribution >= 4 is 16.8 Å². The third kappa shape index (κ3) is 3.64. The summed E-state index contributed by atoms with van der Waals surface area (Å²) in [6.45, 7) is 6.32. The summed E-state index contributed by atoms with van der Waals surface area (Å²) in [5.74, 6) is -0.289. The Balaban J connectivity index is 1.91. The van der Waals surface area contributed by atoms with E-state index >= 15 is 0 Å². The molecule has 134 valence electrons. The molecule has 0 radical (unpaired) electrons. The van der Waals surface area contributed by atoms with Crippen molar-refractivity contribution < 1.29 is 4.79 Å². The van der Waals surface area contributed by atoms with Crippen LogP contribution in [0.2, 0.25) is 0 Å². The fraction of sp³-hybridized carbons (Fsp3) is 0.300. The molecule has 3 rings (SSSR count). The van der Waals surface area contributed by atoms with Crippen molar-refractivity contribution in [3.8, 4) is 0 Å². The molecule has 0 atom stereocenters. The molecule has 1 aromatic carbocycles. The summed E-state index contributed by atoms with van der Waals surface area (Å²) in [4.78, 5) is 37.2. The van der Waals surface area contributed by atoms with E-state index in [1.165, 1.54) is 0 Å². The van der Waals surface area contributed by atoms with Gasteiger partial charge in [0.25, 0.3) is 5.91 Å². The summed E-state index contributed by atoms with van der Waals surface area (Å²) in [6, 6.07) is 11.4. The molecule has 0 aliphatic rings. The van der Waals surface area contributed by atoms with Gasteiger partial charge in [0.1, 0.15) is 5.69 Å². The van der Waals surface area contributed by atoms with Gasteiger partial charge >= 0.3 is 5.69 Å². The van der Waals surface area contributed by atoms with Crippen molar-refractivity contribution in [3.05, 3.63) is 70.0 Å². The van der Waals surface area contributed by atoms with Gasteiger partial charge < -0.3 is 9.88 Å². The van der Waals surface area contributed by atoms with Crippen LogP contribution in [0.25, 0.3) is 10.9 Å². The van der Waals surface area contributed by atoms with Crippen molar-refractivity contribution in [2.75, 3.05) is 7.05 Å². The van der Waals surface area contributed by atoms with E-state index in [0.29, 0.717) is 12.2 Å². The maximum Gasteiger partial charge on any atom is 0.345 e. The van der Waals surface area contributed by atoms with Gasteiger partial charge in [-0.05, 0) is 23.8 Å². The van der Waals surface area contributed by atoms with Crippen LogP contribution >= 0.6 is 0 Å². The Hall–Kier alpha value is -3.02. The summed E-state index contributed by atoms with van der Waals surface area (Å²) < 4.78 is 0. The van der Waals surface area contributed by atoms with Crippen LogP contribution in [-0.2, 0) is 12.0 Å². The Kier molecular flexibility index (Phi) is 4.59. The van der Waals surface area contributed by atoms with Gasteiger partial charge in [0, 0.05) is 36.3 Å². The highest BCUT2D eigenvalue weighted by Gasteiger charge is 2.21. The van der Waals surface area contributed by atoms with Crippen LogP contribution in [0.5, 0.6) is 0 Å².